The van der Waals surface area contributed by atoms with E-state index in [0.717, 1.165) is 12.8 Å². The third kappa shape index (κ3) is 2.56. The summed E-state index contributed by atoms with van der Waals surface area (Å²) < 4.78 is 31.8. The van der Waals surface area contributed by atoms with Crippen molar-refractivity contribution in [3.8, 4) is 0 Å². The minimum absolute atomic E-state index is 0.0186. The first-order valence-electron chi connectivity index (χ1n) is 7.68. The van der Waals surface area contributed by atoms with Crippen molar-refractivity contribution in [1.82, 2.24) is 19.5 Å². The van der Waals surface area contributed by atoms with Gasteiger partial charge in [0.15, 0.2) is 11.0 Å². The van der Waals surface area contributed by atoms with Crippen LogP contribution in [-0.4, -0.2) is 60.0 Å². The summed E-state index contributed by atoms with van der Waals surface area (Å²) in [5.74, 6) is 0.284. The number of hydrogen-bond donors (Lipinski definition) is 0. The molecule has 0 unspecified atom stereocenters. The number of aromatic nitrogens is 2. The number of hydrogen-bond acceptors (Lipinski definition) is 6. The predicted octanol–water partition coefficient (Wildman–Crippen LogP) is 1.12. The second-order valence-corrected chi connectivity index (χ2v) is 8.32. The lowest BCUT2D eigenvalue weighted by atomic mass is 10.3. The van der Waals surface area contributed by atoms with E-state index in [2.05, 4.69) is 14.9 Å². The number of nitrogens with zero attached hydrogens (tertiary/aromatic N) is 4. The average Bonchev–Trinajstić information content (AvgIpc) is 3.31. The lowest BCUT2D eigenvalue weighted by Crippen LogP contribution is -2.50. The molecule has 1 aliphatic carbocycles. The first-order valence-corrected chi connectivity index (χ1v) is 9.50. The minimum atomic E-state index is -3.75. The highest BCUT2D eigenvalue weighted by Gasteiger charge is 2.37. The molecule has 1 aromatic carbocycles. The van der Waals surface area contributed by atoms with Crippen molar-refractivity contribution < 1.29 is 17.8 Å². The van der Waals surface area contributed by atoms with Crippen LogP contribution in [0, 0.1) is 5.92 Å². The first kappa shape index (κ1) is 15.8. The summed E-state index contributed by atoms with van der Waals surface area (Å²) >= 11 is 5.98. The van der Waals surface area contributed by atoms with Crippen LogP contribution in [0.1, 0.15) is 12.8 Å². The van der Waals surface area contributed by atoms with E-state index in [4.69, 9.17) is 11.6 Å². The molecule has 24 heavy (non-hydrogen) atoms. The zero-order valence-corrected chi connectivity index (χ0v) is 14.3. The number of benzene rings is 1. The zero-order chi connectivity index (χ0) is 16.9. The van der Waals surface area contributed by atoms with Gasteiger partial charge in [0.1, 0.15) is 4.90 Å². The van der Waals surface area contributed by atoms with Crippen LogP contribution in [0.25, 0.3) is 11.0 Å². The molecule has 0 atom stereocenters. The smallest absolute Gasteiger partial charge is 0.245 e. The van der Waals surface area contributed by atoms with Gasteiger partial charge in [-0.1, -0.05) is 11.6 Å². The third-order valence-corrected chi connectivity index (χ3v) is 6.66. The Morgan fingerprint density at radius 1 is 1.12 bits per heavy atom. The zero-order valence-electron chi connectivity index (χ0n) is 12.7. The molecule has 1 aromatic heterocycles. The summed E-state index contributed by atoms with van der Waals surface area (Å²) in [5.41, 5.74) is 0.347. The minimum Gasteiger partial charge on any atom is -0.340 e. The molecule has 0 bridgehead atoms. The second-order valence-electron chi connectivity index (χ2n) is 6.01. The van der Waals surface area contributed by atoms with E-state index in [9.17, 15) is 13.2 Å². The van der Waals surface area contributed by atoms with Crippen molar-refractivity contribution in [2.45, 2.75) is 17.7 Å². The Morgan fingerprint density at radius 2 is 1.79 bits per heavy atom. The summed E-state index contributed by atoms with van der Waals surface area (Å²) in [5, 5.41) is 7.60. The Morgan fingerprint density at radius 3 is 2.46 bits per heavy atom. The second kappa shape index (κ2) is 5.68. The number of amides is 1. The van der Waals surface area contributed by atoms with Gasteiger partial charge in [-0.3, -0.25) is 4.79 Å². The van der Waals surface area contributed by atoms with E-state index >= 15 is 0 Å². The van der Waals surface area contributed by atoms with Crippen LogP contribution in [-0.2, 0) is 14.8 Å². The van der Waals surface area contributed by atoms with Crippen molar-refractivity contribution in [3.63, 3.8) is 0 Å². The van der Waals surface area contributed by atoms with Gasteiger partial charge in [0.25, 0.3) is 0 Å². The Bertz CT molecular complexity index is 901. The van der Waals surface area contributed by atoms with Gasteiger partial charge in [-0.2, -0.15) is 4.31 Å². The Balaban J connectivity index is 1.58. The summed E-state index contributed by atoms with van der Waals surface area (Å²) in [4.78, 5) is 13.8. The quantitative estimate of drug-likeness (QED) is 0.803. The Labute approximate surface area is 143 Å². The van der Waals surface area contributed by atoms with E-state index < -0.39 is 10.0 Å². The monoisotopic (exact) mass is 370 g/mol. The Hall–Kier alpha value is -1.71. The highest BCUT2D eigenvalue weighted by atomic mass is 35.5. The van der Waals surface area contributed by atoms with Gasteiger partial charge in [0, 0.05) is 32.1 Å². The third-order valence-electron chi connectivity index (χ3n) is 4.42. The molecule has 1 saturated carbocycles. The molecule has 1 saturated heterocycles. The number of rotatable bonds is 3. The van der Waals surface area contributed by atoms with Crippen molar-refractivity contribution in [1.29, 1.82) is 0 Å². The molecule has 2 aromatic rings. The van der Waals surface area contributed by atoms with E-state index in [1.807, 2.05) is 0 Å². The summed E-state index contributed by atoms with van der Waals surface area (Å²) in [7, 11) is -3.75. The normalized spacial score (nSPS) is 19.8. The van der Waals surface area contributed by atoms with E-state index in [1.165, 1.54) is 16.4 Å². The molecule has 1 aliphatic heterocycles. The number of halogens is 1. The lowest BCUT2D eigenvalue weighted by Gasteiger charge is -2.34. The van der Waals surface area contributed by atoms with Crippen LogP contribution in [0.15, 0.2) is 21.7 Å². The van der Waals surface area contributed by atoms with Crippen molar-refractivity contribution in [2.24, 2.45) is 5.92 Å². The number of piperazine rings is 1. The van der Waals surface area contributed by atoms with Gasteiger partial charge in [-0.15, -0.1) is 0 Å². The van der Waals surface area contributed by atoms with Crippen molar-refractivity contribution >= 4 is 38.6 Å². The molecular weight excluding hydrogens is 356 g/mol. The van der Waals surface area contributed by atoms with E-state index in [-0.39, 0.29) is 45.9 Å². The number of carbonyl (C=O) groups is 1. The molecule has 128 valence electrons. The molecule has 2 fully saturated rings. The molecule has 2 heterocycles. The van der Waals surface area contributed by atoms with Crippen LogP contribution < -0.4 is 0 Å². The fraction of sp³-hybridized carbons (Fsp3) is 0.500. The summed E-state index contributed by atoms with van der Waals surface area (Å²) in [6, 6.07) is 2.87. The van der Waals surface area contributed by atoms with Crippen LogP contribution in [0.2, 0.25) is 5.02 Å². The first-order chi connectivity index (χ1) is 11.5. The van der Waals surface area contributed by atoms with Gasteiger partial charge in [-0.25, -0.2) is 13.0 Å². The predicted molar refractivity (Wildman–Crippen MR) is 84.9 cm³/mol. The van der Waals surface area contributed by atoms with E-state index in [1.54, 1.807) is 4.90 Å². The molecule has 8 nitrogen and oxygen atoms in total. The maximum Gasteiger partial charge on any atom is 0.245 e. The standard InChI is InChI=1S/C14H15ClN4O4S/c15-10-3-4-11(13-12(10)16-23-17-13)24(21,22)19-7-5-18(6-8-19)14(20)9-1-2-9/h3-4,9H,1-2,5-8H2. The topological polar surface area (TPSA) is 96.6 Å². The lowest BCUT2D eigenvalue weighted by molar-refractivity contribution is -0.133. The van der Waals surface area contributed by atoms with Crippen molar-refractivity contribution in [3.05, 3.63) is 17.2 Å². The van der Waals surface area contributed by atoms with Crippen LogP contribution in [0.4, 0.5) is 0 Å². The van der Waals surface area contributed by atoms with Gasteiger partial charge >= 0.3 is 0 Å². The van der Waals surface area contributed by atoms with Crippen LogP contribution >= 0.6 is 11.6 Å². The summed E-state index contributed by atoms with van der Waals surface area (Å²) in [6.07, 6.45) is 1.89. The molecule has 0 radical (unpaired) electrons. The summed E-state index contributed by atoms with van der Waals surface area (Å²) in [6.45, 7) is 1.33. The molecule has 0 spiro atoms. The highest BCUT2D eigenvalue weighted by Crippen LogP contribution is 2.32. The number of sulfonamides is 1. The molecule has 4 rings (SSSR count). The van der Waals surface area contributed by atoms with Crippen molar-refractivity contribution in [2.75, 3.05) is 26.2 Å². The molecule has 0 N–H and O–H groups in total. The number of carbonyl (C=O) groups excluding carboxylic acids is 1. The fourth-order valence-electron chi connectivity index (χ4n) is 2.90. The highest BCUT2D eigenvalue weighted by molar-refractivity contribution is 7.89. The van der Waals surface area contributed by atoms with Crippen LogP contribution in [0.3, 0.4) is 0 Å². The largest absolute Gasteiger partial charge is 0.340 e. The van der Waals surface area contributed by atoms with Crippen LogP contribution in [0.5, 0.6) is 0 Å². The van der Waals surface area contributed by atoms with Gasteiger partial charge in [-0.05, 0) is 35.3 Å². The number of fused-ring (bicyclic) bond motifs is 1. The SMILES string of the molecule is O=C(C1CC1)N1CCN(S(=O)(=O)c2ccc(Cl)c3nonc23)CC1. The molecule has 1 amide bonds. The average molecular weight is 371 g/mol. The van der Waals surface area contributed by atoms with E-state index in [0.29, 0.717) is 13.1 Å². The maximum atomic E-state index is 12.9. The molecular formula is C14H15ClN4O4S. The fourth-order valence-corrected chi connectivity index (χ4v) is 4.63. The molecule has 10 heteroatoms. The van der Waals surface area contributed by atoms with Gasteiger partial charge in [0.2, 0.25) is 15.9 Å². The Kier molecular flexibility index (Phi) is 3.74. The molecule has 2 aliphatic rings. The van der Waals surface area contributed by atoms with Gasteiger partial charge < -0.3 is 4.90 Å². The van der Waals surface area contributed by atoms with Gasteiger partial charge in [0.05, 0.1) is 5.02 Å². The maximum absolute atomic E-state index is 12.9.